The second-order valence-electron chi connectivity index (χ2n) is 8.02. The van der Waals surface area contributed by atoms with Crippen molar-refractivity contribution in [3.05, 3.63) is 33.1 Å². The van der Waals surface area contributed by atoms with Crippen LogP contribution in [0.15, 0.2) is 18.2 Å². The lowest BCUT2D eigenvalue weighted by Crippen LogP contribution is -2.34. The first-order valence-electron chi connectivity index (χ1n) is 11.2. The van der Waals surface area contributed by atoms with Crippen LogP contribution in [0, 0.1) is 0 Å². The van der Waals surface area contributed by atoms with E-state index >= 15 is 0 Å². The molecule has 1 aliphatic carbocycles. The lowest BCUT2D eigenvalue weighted by Gasteiger charge is -2.23. The summed E-state index contributed by atoms with van der Waals surface area (Å²) in [5.41, 5.74) is 7.13. The van der Waals surface area contributed by atoms with Crippen molar-refractivity contribution in [1.82, 2.24) is 20.6 Å². The van der Waals surface area contributed by atoms with Crippen LogP contribution < -0.4 is 21.1 Å². The highest BCUT2D eigenvalue weighted by molar-refractivity contribution is 7.20. The molecule has 1 aliphatic rings. The quantitative estimate of drug-likeness (QED) is 0.357. The number of carbonyl (C=O) groups is 1. The average molecular weight is 508 g/mol. The van der Waals surface area contributed by atoms with Gasteiger partial charge in [-0.25, -0.2) is 9.97 Å². The molecule has 0 spiro atoms. The van der Waals surface area contributed by atoms with Crippen LogP contribution in [0.25, 0.3) is 21.5 Å². The Morgan fingerprint density at radius 1 is 1.18 bits per heavy atom. The van der Waals surface area contributed by atoms with Gasteiger partial charge < -0.3 is 21.1 Å². The Morgan fingerprint density at radius 2 is 1.97 bits per heavy atom. The van der Waals surface area contributed by atoms with E-state index in [0.717, 1.165) is 6.54 Å². The van der Waals surface area contributed by atoms with Crippen LogP contribution in [-0.4, -0.2) is 41.6 Å². The predicted octanol–water partition coefficient (Wildman–Crippen LogP) is 5.30. The molecule has 1 amide bonds. The highest BCUT2D eigenvalue weighted by atomic mass is 35.5. The van der Waals surface area contributed by atoms with Crippen molar-refractivity contribution in [3.63, 3.8) is 0 Å². The van der Waals surface area contributed by atoms with Gasteiger partial charge in [-0.05, 0) is 38.0 Å². The number of nitrogen functional groups attached to an aromatic ring is 1. The van der Waals surface area contributed by atoms with E-state index in [1.54, 1.807) is 18.2 Å². The highest BCUT2D eigenvalue weighted by Gasteiger charge is 2.19. The Morgan fingerprint density at radius 3 is 2.73 bits per heavy atom. The number of thiophene rings is 1. The number of anilines is 1. The van der Waals surface area contributed by atoms with E-state index in [-0.39, 0.29) is 11.9 Å². The number of halogens is 2. The van der Waals surface area contributed by atoms with Gasteiger partial charge in [-0.1, -0.05) is 42.5 Å². The number of fused-ring (bicyclic) bond motifs is 1. The van der Waals surface area contributed by atoms with Crippen LogP contribution in [0.4, 0.5) is 5.95 Å². The largest absolute Gasteiger partial charge is 0.491 e. The third-order valence-corrected chi connectivity index (χ3v) is 7.28. The van der Waals surface area contributed by atoms with E-state index in [0.29, 0.717) is 61.3 Å². The summed E-state index contributed by atoms with van der Waals surface area (Å²) in [6.45, 7) is 3.63. The molecule has 0 aliphatic heterocycles. The van der Waals surface area contributed by atoms with Gasteiger partial charge in [-0.2, -0.15) is 0 Å². The van der Waals surface area contributed by atoms with Crippen LogP contribution >= 0.6 is 34.5 Å². The van der Waals surface area contributed by atoms with Gasteiger partial charge in [0, 0.05) is 30.1 Å². The van der Waals surface area contributed by atoms with Crippen molar-refractivity contribution in [2.75, 3.05) is 25.4 Å². The summed E-state index contributed by atoms with van der Waals surface area (Å²) in [4.78, 5) is 22.2. The molecule has 4 N–H and O–H groups in total. The zero-order valence-electron chi connectivity index (χ0n) is 18.4. The molecule has 10 heteroatoms. The summed E-state index contributed by atoms with van der Waals surface area (Å²) in [6.07, 6.45) is 6.33. The van der Waals surface area contributed by atoms with E-state index in [2.05, 4.69) is 20.6 Å². The van der Waals surface area contributed by atoms with E-state index in [4.69, 9.17) is 33.7 Å². The molecule has 7 nitrogen and oxygen atoms in total. The Bertz CT molecular complexity index is 1150. The molecule has 3 aromatic rings. The number of carbonyl (C=O) groups excluding carboxylic acids is 1. The zero-order chi connectivity index (χ0) is 23.4. The fraction of sp³-hybridized carbons (Fsp3) is 0.435. The number of hydrogen-bond acceptors (Lipinski definition) is 7. The maximum absolute atomic E-state index is 12.3. The fourth-order valence-corrected chi connectivity index (χ4v) is 5.54. The standard InChI is InChI=1S/C23H27Cl2N5O2S/c1-2-27-21(31)19-11-15-20(29-23(26)30-22(15)33-19)14-10-18(17(25)12-16(14)24)32-9-8-28-13-6-4-3-5-7-13/h10-13,28H,2-9H2,1H3,(H,27,31)(H2,26,29,30). The van der Waals surface area contributed by atoms with Crippen LogP contribution in [0.2, 0.25) is 10.0 Å². The van der Waals surface area contributed by atoms with Crippen LogP contribution in [0.3, 0.4) is 0 Å². The van der Waals surface area contributed by atoms with Crippen LogP contribution in [-0.2, 0) is 0 Å². The van der Waals surface area contributed by atoms with Crippen molar-refractivity contribution in [1.29, 1.82) is 0 Å². The van der Waals surface area contributed by atoms with Crippen molar-refractivity contribution >= 4 is 56.6 Å². The average Bonchev–Trinajstić information content (AvgIpc) is 3.22. The van der Waals surface area contributed by atoms with Crippen molar-refractivity contribution < 1.29 is 9.53 Å². The fourth-order valence-electron chi connectivity index (χ4n) is 4.05. The van der Waals surface area contributed by atoms with Crippen LogP contribution in [0.5, 0.6) is 5.75 Å². The van der Waals surface area contributed by atoms with E-state index in [1.165, 1.54) is 43.4 Å². The molecular weight excluding hydrogens is 481 g/mol. The Balaban J connectivity index is 1.58. The first kappa shape index (κ1) is 24.0. The topological polar surface area (TPSA) is 102 Å². The molecule has 0 saturated heterocycles. The van der Waals surface area contributed by atoms with Gasteiger partial charge in [-0.15, -0.1) is 11.3 Å². The van der Waals surface area contributed by atoms with Crippen LogP contribution in [0.1, 0.15) is 48.7 Å². The summed E-state index contributed by atoms with van der Waals surface area (Å²) >= 11 is 14.2. The van der Waals surface area contributed by atoms with E-state index < -0.39 is 0 Å². The maximum Gasteiger partial charge on any atom is 0.261 e. The minimum atomic E-state index is -0.165. The molecule has 33 heavy (non-hydrogen) atoms. The number of nitrogens with one attached hydrogen (secondary N) is 2. The van der Waals surface area contributed by atoms with Gasteiger partial charge in [0.2, 0.25) is 5.95 Å². The Labute approximate surface area is 207 Å². The number of ether oxygens (including phenoxy) is 1. The number of amides is 1. The Hall–Kier alpha value is -2.13. The summed E-state index contributed by atoms with van der Waals surface area (Å²) in [7, 11) is 0. The maximum atomic E-state index is 12.3. The third-order valence-electron chi connectivity index (χ3n) is 5.65. The smallest absolute Gasteiger partial charge is 0.261 e. The monoisotopic (exact) mass is 507 g/mol. The SMILES string of the molecule is CCNC(=O)c1cc2c(-c3cc(OCCNC4CCCCC4)c(Cl)cc3Cl)nc(N)nc2s1. The summed E-state index contributed by atoms with van der Waals surface area (Å²) in [5.74, 6) is 0.458. The van der Waals surface area contributed by atoms with Crippen molar-refractivity contribution in [3.8, 4) is 17.0 Å². The molecular formula is C23H27Cl2N5O2S. The number of nitrogens with zero attached hydrogens (tertiary/aromatic N) is 2. The number of nitrogens with two attached hydrogens (primary N) is 1. The first-order chi connectivity index (χ1) is 16.0. The molecule has 0 bridgehead atoms. The van der Waals surface area contributed by atoms with Gasteiger partial charge in [0.25, 0.3) is 5.91 Å². The van der Waals surface area contributed by atoms with Crippen molar-refractivity contribution in [2.24, 2.45) is 0 Å². The molecule has 176 valence electrons. The molecule has 0 radical (unpaired) electrons. The lowest BCUT2D eigenvalue weighted by molar-refractivity contribution is 0.0960. The van der Waals surface area contributed by atoms with E-state index in [9.17, 15) is 4.79 Å². The number of benzene rings is 1. The van der Waals surface area contributed by atoms with Gasteiger partial charge >= 0.3 is 0 Å². The molecule has 2 aromatic heterocycles. The molecule has 0 atom stereocenters. The van der Waals surface area contributed by atoms with Gasteiger partial charge in [0.1, 0.15) is 17.2 Å². The lowest BCUT2D eigenvalue weighted by atomic mass is 9.96. The summed E-state index contributed by atoms with van der Waals surface area (Å²) in [6, 6.07) is 5.74. The minimum absolute atomic E-state index is 0.104. The number of aromatic nitrogens is 2. The highest BCUT2D eigenvalue weighted by Crippen LogP contribution is 2.40. The minimum Gasteiger partial charge on any atom is -0.491 e. The van der Waals surface area contributed by atoms with Crippen molar-refractivity contribution in [2.45, 2.75) is 45.1 Å². The van der Waals surface area contributed by atoms with Gasteiger partial charge in [0.05, 0.1) is 20.6 Å². The molecule has 2 heterocycles. The molecule has 1 aromatic carbocycles. The normalized spacial score (nSPS) is 14.5. The molecule has 4 rings (SSSR count). The first-order valence-corrected chi connectivity index (χ1v) is 12.7. The number of hydrogen-bond donors (Lipinski definition) is 3. The second-order valence-corrected chi connectivity index (χ2v) is 9.86. The van der Waals surface area contributed by atoms with E-state index in [1.807, 2.05) is 6.92 Å². The summed E-state index contributed by atoms with van der Waals surface area (Å²) < 4.78 is 5.97. The zero-order valence-corrected chi connectivity index (χ0v) is 20.7. The molecule has 1 fully saturated rings. The molecule has 1 saturated carbocycles. The second kappa shape index (κ2) is 10.9. The predicted molar refractivity (Wildman–Crippen MR) is 136 cm³/mol. The third kappa shape index (κ3) is 5.69. The number of rotatable bonds is 8. The van der Waals surface area contributed by atoms with Gasteiger partial charge in [-0.3, -0.25) is 4.79 Å². The Kier molecular flexibility index (Phi) is 7.90. The summed E-state index contributed by atoms with van der Waals surface area (Å²) in [5, 5.41) is 7.89. The molecule has 0 unspecified atom stereocenters. The van der Waals surface area contributed by atoms with Gasteiger partial charge in [0.15, 0.2) is 0 Å².